The number of ketones is 1. The van der Waals surface area contributed by atoms with Gasteiger partial charge in [-0.2, -0.15) is 0 Å². The Morgan fingerprint density at radius 2 is 1.78 bits per heavy atom. The lowest BCUT2D eigenvalue weighted by molar-refractivity contribution is -0.132. The van der Waals surface area contributed by atoms with Crippen LogP contribution in [0.2, 0.25) is 0 Å². The van der Waals surface area contributed by atoms with Crippen molar-refractivity contribution in [1.29, 1.82) is 0 Å². The van der Waals surface area contributed by atoms with Gasteiger partial charge in [0.2, 0.25) is 0 Å². The highest BCUT2D eigenvalue weighted by Gasteiger charge is 2.47. The third kappa shape index (κ3) is 3.00. The van der Waals surface area contributed by atoms with Crippen LogP contribution in [0, 0.1) is 13.8 Å². The summed E-state index contributed by atoms with van der Waals surface area (Å²) < 4.78 is 0. The monoisotopic (exact) mass is 423 g/mol. The number of carbonyl (C=O) groups is 2. The number of nitrogens with zero attached hydrogens (tertiary/aromatic N) is 2. The number of pyridine rings is 1. The molecule has 6 nitrogen and oxygen atoms in total. The number of amides is 1. The Hall–Kier alpha value is -4.19. The molecule has 1 saturated heterocycles. The smallest absolute Gasteiger partial charge is 0.300 e. The number of carbonyl (C=O) groups excluding carboxylic acids is 2. The summed E-state index contributed by atoms with van der Waals surface area (Å²) in [6, 6.07) is 16.0. The number of nitrogens with one attached hydrogen (secondary N) is 1. The quantitative estimate of drug-likeness (QED) is 0.281. The van der Waals surface area contributed by atoms with E-state index in [1.807, 2.05) is 56.3 Å². The first-order valence-electron chi connectivity index (χ1n) is 10.3. The zero-order chi connectivity index (χ0) is 22.4. The van der Waals surface area contributed by atoms with Gasteiger partial charge >= 0.3 is 0 Å². The van der Waals surface area contributed by atoms with Gasteiger partial charge < -0.3 is 10.1 Å². The molecule has 1 aliphatic rings. The van der Waals surface area contributed by atoms with Crippen LogP contribution in [0.4, 0.5) is 5.69 Å². The number of Topliss-reactive ketones (excluding diaryl/α,β-unsaturated/α-hetero) is 1. The van der Waals surface area contributed by atoms with Crippen LogP contribution >= 0.6 is 0 Å². The Morgan fingerprint density at radius 1 is 1.03 bits per heavy atom. The molecule has 1 atom stereocenters. The van der Waals surface area contributed by atoms with Gasteiger partial charge in [0.25, 0.3) is 11.7 Å². The molecule has 0 bridgehead atoms. The Labute approximate surface area is 184 Å². The van der Waals surface area contributed by atoms with Crippen molar-refractivity contribution >= 4 is 34.0 Å². The Kier molecular flexibility index (Phi) is 4.63. The largest absolute Gasteiger partial charge is 0.507 e. The summed E-state index contributed by atoms with van der Waals surface area (Å²) in [5, 5.41) is 12.1. The fourth-order valence-corrected chi connectivity index (χ4v) is 4.33. The van der Waals surface area contributed by atoms with E-state index in [1.165, 1.54) is 4.90 Å². The number of aryl methyl sites for hydroxylation is 2. The summed E-state index contributed by atoms with van der Waals surface area (Å²) >= 11 is 0. The summed E-state index contributed by atoms with van der Waals surface area (Å²) in [6.07, 6.45) is 4.89. The van der Waals surface area contributed by atoms with Gasteiger partial charge in [-0.3, -0.25) is 19.5 Å². The highest BCUT2D eigenvalue weighted by atomic mass is 16.3. The van der Waals surface area contributed by atoms with Gasteiger partial charge in [-0.15, -0.1) is 0 Å². The van der Waals surface area contributed by atoms with E-state index < -0.39 is 17.7 Å². The second-order valence-corrected chi connectivity index (χ2v) is 7.99. The molecular formula is C26H21N3O3. The van der Waals surface area contributed by atoms with Gasteiger partial charge in [0, 0.05) is 40.7 Å². The molecule has 4 aromatic rings. The number of H-pyrrole nitrogens is 1. The summed E-state index contributed by atoms with van der Waals surface area (Å²) in [5.74, 6) is -1.58. The number of para-hydroxylation sites is 1. The number of aromatic nitrogens is 2. The number of rotatable bonds is 3. The van der Waals surface area contributed by atoms with Crippen LogP contribution in [0.5, 0.6) is 0 Å². The molecule has 2 N–H and O–H groups in total. The molecule has 3 heterocycles. The van der Waals surface area contributed by atoms with Crippen molar-refractivity contribution in [2.75, 3.05) is 4.90 Å². The summed E-state index contributed by atoms with van der Waals surface area (Å²) in [4.78, 5) is 35.3. The number of anilines is 1. The van der Waals surface area contributed by atoms with Crippen LogP contribution < -0.4 is 4.90 Å². The van der Waals surface area contributed by atoms with E-state index in [0.29, 0.717) is 16.8 Å². The maximum absolute atomic E-state index is 13.3. The van der Waals surface area contributed by atoms with Gasteiger partial charge in [-0.05, 0) is 54.8 Å². The number of fused-ring (bicyclic) bond motifs is 1. The van der Waals surface area contributed by atoms with Crippen LogP contribution in [0.1, 0.15) is 28.3 Å². The standard InChI is InChI=1S/C26H21N3O3/c1-15-7-8-16(2)21(13-15)29-23(17-9-11-27-12-10-17)22(25(31)26(29)32)24(30)19-14-28-20-6-4-3-5-18(19)20/h3-14,23,28,30H,1-2H3/b24-22-. The van der Waals surface area contributed by atoms with Crippen molar-refractivity contribution in [2.24, 2.45) is 0 Å². The Balaban J connectivity index is 1.78. The lowest BCUT2D eigenvalue weighted by Crippen LogP contribution is -2.30. The van der Waals surface area contributed by atoms with E-state index in [1.54, 1.807) is 30.7 Å². The average Bonchev–Trinajstić information content (AvgIpc) is 3.35. The minimum Gasteiger partial charge on any atom is -0.507 e. The van der Waals surface area contributed by atoms with Gasteiger partial charge in [-0.1, -0.05) is 30.3 Å². The van der Waals surface area contributed by atoms with Gasteiger partial charge in [0.05, 0.1) is 11.6 Å². The first-order chi connectivity index (χ1) is 15.5. The van der Waals surface area contributed by atoms with E-state index in [4.69, 9.17) is 0 Å². The minimum atomic E-state index is -0.771. The van der Waals surface area contributed by atoms with Crippen LogP contribution in [-0.2, 0) is 9.59 Å². The number of aliphatic hydroxyl groups is 1. The number of benzene rings is 2. The van der Waals surface area contributed by atoms with Crippen LogP contribution in [0.3, 0.4) is 0 Å². The van der Waals surface area contributed by atoms with E-state index in [0.717, 1.165) is 22.0 Å². The molecule has 1 fully saturated rings. The Bertz CT molecular complexity index is 1400. The van der Waals surface area contributed by atoms with Crippen molar-refractivity contribution in [3.8, 4) is 0 Å². The highest BCUT2D eigenvalue weighted by Crippen LogP contribution is 2.43. The molecule has 0 saturated carbocycles. The van der Waals surface area contributed by atoms with Crippen molar-refractivity contribution in [2.45, 2.75) is 19.9 Å². The second-order valence-electron chi connectivity index (χ2n) is 7.99. The maximum Gasteiger partial charge on any atom is 0.300 e. The summed E-state index contributed by atoms with van der Waals surface area (Å²) in [7, 11) is 0. The summed E-state index contributed by atoms with van der Waals surface area (Å²) in [5.41, 5.74) is 4.55. The SMILES string of the molecule is Cc1ccc(C)c(N2C(=O)C(=O)/C(=C(\O)c3c[nH]c4ccccc34)C2c2ccncc2)c1. The molecule has 32 heavy (non-hydrogen) atoms. The lowest BCUT2D eigenvalue weighted by atomic mass is 9.95. The van der Waals surface area contributed by atoms with Crippen LogP contribution in [0.15, 0.2) is 78.8 Å². The normalized spacial score (nSPS) is 17.9. The molecule has 0 radical (unpaired) electrons. The number of aliphatic hydroxyl groups excluding tert-OH is 1. The molecule has 0 aliphatic carbocycles. The molecule has 1 amide bonds. The van der Waals surface area contributed by atoms with Gasteiger partial charge in [-0.25, -0.2) is 0 Å². The molecule has 2 aromatic heterocycles. The number of hydrogen-bond acceptors (Lipinski definition) is 4. The fraction of sp³-hybridized carbons (Fsp3) is 0.115. The number of aromatic amines is 1. The first kappa shape index (κ1) is 19.8. The van der Waals surface area contributed by atoms with Crippen molar-refractivity contribution in [1.82, 2.24) is 9.97 Å². The fourth-order valence-electron chi connectivity index (χ4n) is 4.33. The predicted octanol–water partition coefficient (Wildman–Crippen LogP) is 4.81. The summed E-state index contributed by atoms with van der Waals surface area (Å²) in [6.45, 7) is 3.84. The zero-order valence-corrected chi connectivity index (χ0v) is 17.7. The average molecular weight is 423 g/mol. The van der Waals surface area contributed by atoms with Crippen LogP contribution in [-0.4, -0.2) is 26.8 Å². The van der Waals surface area contributed by atoms with E-state index in [2.05, 4.69) is 9.97 Å². The van der Waals surface area contributed by atoms with Crippen molar-refractivity contribution < 1.29 is 14.7 Å². The van der Waals surface area contributed by atoms with E-state index in [9.17, 15) is 14.7 Å². The zero-order valence-electron chi connectivity index (χ0n) is 17.7. The molecule has 0 spiro atoms. The molecular weight excluding hydrogens is 402 g/mol. The second kappa shape index (κ2) is 7.50. The van der Waals surface area contributed by atoms with Gasteiger partial charge in [0.15, 0.2) is 0 Å². The van der Waals surface area contributed by atoms with Crippen molar-refractivity contribution in [3.05, 3.63) is 101 Å². The third-order valence-electron chi connectivity index (χ3n) is 5.93. The van der Waals surface area contributed by atoms with E-state index in [-0.39, 0.29) is 11.3 Å². The Morgan fingerprint density at radius 3 is 2.56 bits per heavy atom. The molecule has 158 valence electrons. The molecule has 2 aromatic carbocycles. The number of hydrogen-bond donors (Lipinski definition) is 2. The molecule has 6 heteroatoms. The molecule has 1 unspecified atom stereocenters. The van der Waals surface area contributed by atoms with Crippen LogP contribution in [0.25, 0.3) is 16.7 Å². The lowest BCUT2D eigenvalue weighted by Gasteiger charge is -2.27. The predicted molar refractivity (Wildman–Crippen MR) is 123 cm³/mol. The maximum atomic E-state index is 13.3. The topological polar surface area (TPSA) is 86.3 Å². The molecule has 5 rings (SSSR count). The molecule has 1 aliphatic heterocycles. The highest BCUT2D eigenvalue weighted by molar-refractivity contribution is 6.52. The first-order valence-corrected chi connectivity index (χ1v) is 10.3. The van der Waals surface area contributed by atoms with E-state index >= 15 is 0 Å². The van der Waals surface area contributed by atoms with Gasteiger partial charge in [0.1, 0.15) is 5.76 Å². The van der Waals surface area contributed by atoms with Crippen molar-refractivity contribution in [3.63, 3.8) is 0 Å². The third-order valence-corrected chi connectivity index (χ3v) is 5.93. The minimum absolute atomic E-state index is 0.0619.